The number of anilines is 2. The van der Waals surface area contributed by atoms with Gasteiger partial charge in [0.05, 0.1) is 5.57 Å². The van der Waals surface area contributed by atoms with Gasteiger partial charge in [0.25, 0.3) is 5.91 Å². The first-order valence-corrected chi connectivity index (χ1v) is 10.1. The molecule has 3 aromatic rings. The summed E-state index contributed by atoms with van der Waals surface area (Å²) in [5.41, 5.74) is 2.83. The number of halogens is 1. The van der Waals surface area contributed by atoms with Crippen LogP contribution in [0.4, 0.5) is 11.6 Å². The van der Waals surface area contributed by atoms with E-state index in [4.69, 9.17) is 11.6 Å². The SMILES string of the molecule is CSc1ccc([C@H]2C(C(=O)Nc3ccc(Cl)cc3)=C(C)Nc3nnnn32)cc1. The zero-order valence-electron chi connectivity index (χ0n) is 15.2. The van der Waals surface area contributed by atoms with Gasteiger partial charge in [-0.3, -0.25) is 4.79 Å². The van der Waals surface area contributed by atoms with Crippen molar-refractivity contribution in [3.05, 3.63) is 70.4 Å². The highest BCUT2D eigenvalue weighted by Crippen LogP contribution is 2.35. The Morgan fingerprint density at radius 3 is 2.57 bits per heavy atom. The minimum absolute atomic E-state index is 0.229. The summed E-state index contributed by atoms with van der Waals surface area (Å²) in [5, 5.41) is 18.5. The van der Waals surface area contributed by atoms with Crippen LogP contribution in [0.1, 0.15) is 18.5 Å². The van der Waals surface area contributed by atoms with Crippen molar-refractivity contribution in [2.75, 3.05) is 16.9 Å². The lowest BCUT2D eigenvalue weighted by Crippen LogP contribution is -2.31. The normalized spacial score (nSPS) is 15.8. The molecule has 1 aliphatic rings. The van der Waals surface area contributed by atoms with Crippen LogP contribution >= 0.6 is 23.4 Å². The molecule has 0 fully saturated rings. The van der Waals surface area contributed by atoms with E-state index in [1.165, 1.54) is 0 Å². The summed E-state index contributed by atoms with van der Waals surface area (Å²) >= 11 is 7.59. The summed E-state index contributed by atoms with van der Waals surface area (Å²) in [5.74, 6) is 0.270. The molecule has 4 rings (SSSR count). The fourth-order valence-electron chi connectivity index (χ4n) is 3.13. The molecule has 142 valence electrons. The number of aromatic nitrogens is 4. The largest absolute Gasteiger partial charge is 0.326 e. The number of amides is 1. The minimum atomic E-state index is -0.436. The van der Waals surface area contributed by atoms with Crippen molar-refractivity contribution in [1.29, 1.82) is 0 Å². The van der Waals surface area contributed by atoms with Crippen LogP contribution in [0.5, 0.6) is 0 Å². The molecule has 0 radical (unpaired) electrons. The minimum Gasteiger partial charge on any atom is -0.326 e. The van der Waals surface area contributed by atoms with E-state index in [2.05, 4.69) is 26.2 Å². The van der Waals surface area contributed by atoms with Gasteiger partial charge in [-0.05, 0) is 65.6 Å². The molecule has 2 heterocycles. The molecule has 1 amide bonds. The van der Waals surface area contributed by atoms with E-state index in [1.807, 2.05) is 37.4 Å². The Morgan fingerprint density at radius 2 is 1.89 bits per heavy atom. The lowest BCUT2D eigenvalue weighted by atomic mass is 9.95. The van der Waals surface area contributed by atoms with Gasteiger partial charge in [0.15, 0.2) is 0 Å². The van der Waals surface area contributed by atoms with Gasteiger partial charge >= 0.3 is 0 Å². The Hall–Kier alpha value is -2.84. The second kappa shape index (κ2) is 7.65. The summed E-state index contributed by atoms with van der Waals surface area (Å²) in [6.07, 6.45) is 2.02. The topological polar surface area (TPSA) is 84.7 Å². The van der Waals surface area contributed by atoms with Crippen LogP contribution in [-0.2, 0) is 4.79 Å². The number of carbonyl (C=O) groups is 1. The maximum absolute atomic E-state index is 13.2. The molecule has 1 aliphatic heterocycles. The molecule has 0 bridgehead atoms. The number of nitrogens with one attached hydrogen (secondary N) is 2. The van der Waals surface area contributed by atoms with Gasteiger partial charge in [-0.2, -0.15) is 4.68 Å². The molecule has 0 aliphatic carbocycles. The zero-order chi connectivity index (χ0) is 19.7. The van der Waals surface area contributed by atoms with E-state index in [-0.39, 0.29) is 5.91 Å². The van der Waals surface area contributed by atoms with Gasteiger partial charge in [-0.1, -0.05) is 28.8 Å². The summed E-state index contributed by atoms with van der Waals surface area (Å²) in [7, 11) is 0. The van der Waals surface area contributed by atoms with Crippen molar-refractivity contribution in [3.8, 4) is 0 Å². The summed E-state index contributed by atoms with van der Waals surface area (Å²) in [6.45, 7) is 1.85. The molecule has 1 aromatic heterocycles. The summed E-state index contributed by atoms with van der Waals surface area (Å²) < 4.78 is 1.62. The molecule has 0 unspecified atom stereocenters. The standard InChI is InChI=1S/C19H17ClN6OS/c1-11-16(18(27)22-14-7-5-13(20)6-8-14)17(26-19(21-11)23-24-25-26)12-3-9-15(28-2)10-4-12/h3-10,17H,1-2H3,(H,22,27)(H,21,23,25)/t17-/m0/s1. The zero-order valence-corrected chi connectivity index (χ0v) is 16.8. The van der Waals surface area contributed by atoms with E-state index < -0.39 is 6.04 Å². The third kappa shape index (κ3) is 3.48. The van der Waals surface area contributed by atoms with Gasteiger partial charge < -0.3 is 10.6 Å². The van der Waals surface area contributed by atoms with E-state index in [1.54, 1.807) is 40.7 Å². The van der Waals surface area contributed by atoms with E-state index in [0.29, 0.717) is 27.9 Å². The number of tetrazole rings is 1. The number of allylic oxidation sites excluding steroid dienone is 1. The lowest BCUT2D eigenvalue weighted by Gasteiger charge is -2.28. The van der Waals surface area contributed by atoms with Crippen molar-refractivity contribution in [2.45, 2.75) is 17.9 Å². The first-order valence-electron chi connectivity index (χ1n) is 8.53. The first-order chi connectivity index (χ1) is 13.6. The summed E-state index contributed by atoms with van der Waals surface area (Å²) in [4.78, 5) is 14.3. The number of rotatable bonds is 4. The molecule has 28 heavy (non-hydrogen) atoms. The molecule has 2 aromatic carbocycles. The summed E-state index contributed by atoms with van der Waals surface area (Å²) in [6, 6.07) is 14.6. The van der Waals surface area contributed by atoms with Gasteiger partial charge in [0, 0.05) is 21.3 Å². The molecular weight excluding hydrogens is 396 g/mol. The molecule has 7 nitrogen and oxygen atoms in total. The Morgan fingerprint density at radius 1 is 1.18 bits per heavy atom. The Bertz CT molecular complexity index is 1050. The predicted octanol–water partition coefficient (Wildman–Crippen LogP) is 3.98. The predicted molar refractivity (Wildman–Crippen MR) is 111 cm³/mol. The number of benzene rings is 2. The number of nitrogens with zero attached hydrogens (tertiary/aromatic N) is 4. The Kier molecular flexibility index (Phi) is 5.06. The van der Waals surface area contributed by atoms with Crippen LogP contribution in [0.3, 0.4) is 0 Å². The molecule has 1 atom stereocenters. The molecular formula is C19H17ClN6OS. The lowest BCUT2D eigenvalue weighted by molar-refractivity contribution is -0.113. The average molecular weight is 413 g/mol. The van der Waals surface area contributed by atoms with Gasteiger partial charge in [-0.15, -0.1) is 11.8 Å². The fourth-order valence-corrected chi connectivity index (χ4v) is 3.67. The monoisotopic (exact) mass is 412 g/mol. The van der Waals surface area contributed by atoms with Gasteiger partial charge in [0.2, 0.25) is 5.95 Å². The number of carbonyl (C=O) groups excluding carboxylic acids is 1. The van der Waals surface area contributed by atoms with Crippen LogP contribution in [-0.4, -0.2) is 32.4 Å². The van der Waals surface area contributed by atoms with Gasteiger partial charge in [0.1, 0.15) is 6.04 Å². The van der Waals surface area contributed by atoms with E-state index in [0.717, 1.165) is 10.5 Å². The van der Waals surface area contributed by atoms with Crippen LogP contribution in [0.25, 0.3) is 0 Å². The maximum Gasteiger partial charge on any atom is 0.255 e. The maximum atomic E-state index is 13.2. The van der Waals surface area contributed by atoms with Crippen molar-refractivity contribution in [1.82, 2.24) is 20.2 Å². The van der Waals surface area contributed by atoms with Crippen molar-refractivity contribution in [2.24, 2.45) is 0 Å². The fraction of sp³-hybridized carbons (Fsp3) is 0.158. The Labute approximate surface area is 171 Å². The number of hydrogen-bond acceptors (Lipinski definition) is 6. The highest BCUT2D eigenvalue weighted by atomic mass is 35.5. The first kappa shape index (κ1) is 18.5. The quantitative estimate of drug-likeness (QED) is 0.630. The molecule has 0 spiro atoms. The number of fused-ring (bicyclic) bond motifs is 1. The highest BCUT2D eigenvalue weighted by molar-refractivity contribution is 7.98. The van der Waals surface area contributed by atoms with Gasteiger partial charge in [-0.25, -0.2) is 0 Å². The second-order valence-corrected chi connectivity index (χ2v) is 7.56. The van der Waals surface area contributed by atoms with Crippen molar-refractivity contribution < 1.29 is 4.79 Å². The van der Waals surface area contributed by atoms with Crippen LogP contribution < -0.4 is 10.6 Å². The van der Waals surface area contributed by atoms with Crippen molar-refractivity contribution in [3.63, 3.8) is 0 Å². The number of thioether (sulfide) groups is 1. The number of hydrogen-bond donors (Lipinski definition) is 2. The molecule has 0 saturated heterocycles. The highest BCUT2D eigenvalue weighted by Gasteiger charge is 2.34. The molecule has 2 N–H and O–H groups in total. The third-order valence-corrected chi connectivity index (χ3v) is 5.49. The Balaban J connectivity index is 1.73. The van der Waals surface area contributed by atoms with E-state index >= 15 is 0 Å². The third-order valence-electron chi connectivity index (χ3n) is 4.49. The van der Waals surface area contributed by atoms with Crippen LogP contribution in [0, 0.1) is 0 Å². The average Bonchev–Trinajstić information content (AvgIpc) is 3.16. The second-order valence-electron chi connectivity index (χ2n) is 6.25. The molecule has 9 heteroatoms. The van der Waals surface area contributed by atoms with Crippen molar-refractivity contribution >= 4 is 40.9 Å². The van der Waals surface area contributed by atoms with Crippen LogP contribution in [0.15, 0.2) is 64.7 Å². The van der Waals surface area contributed by atoms with E-state index in [9.17, 15) is 4.79 Å². The van der Waals surface area contributed by atoms with Crippen LogP contribution in [0.2, 0.25) is 5.02 Å². The smallest absolute Gasteiger partial charge is 0.255 e. The molecule has 0 saturated carbocycles.